The van der Waals surface area contributed by atoms with Gasteiger partial charge in [0.1, 0.15) is 11.6 Å². The molecule has 0 fully saturated rings. The molecule has 15 heavy (non-hydrogen) atoms. The van der Waals surface area contributed by atoms with E-state index in [1.54, 1.807) is 6.92 Å². The van der Waals surface area contributed by atoms with Crippen molar-refractivity contribution >= 4 is 17.6 Å². The van der Waals surface area contributed by atoms with Gasteiger partial charge in [-0.25, -0.2) is 8.78 Å². The number of hydrogen-bond donors (Lipinski definition) is 2. The molecule has 0 aliphatic rings. The average Bonchev–Trinajstić information content (AvgIpc) is 2.22. The topological polar surface area (TPSA) is 58.6 Å². The Hall–Kier alpha value is -1.30. The van der Waals surface area contributed by atoms with Gasteiger partial charge < -0.3 is 10.9 Å². The van der Waals surface area contributed by atoms with E-state index in [1.807, 2.05) is 0 Å². The average molecular weight is 232 g/mol. The molecule has 6 heteroatoms. The summed E-state index contributed by atoms with van der Waals surface area (Å²) in [6.07, 6.45) is 0. The van der Waals surface area contributed by atoms with Crippen LogP contribution in [0.25, 0.3) is 0 Å². The van der Waals surface area contributed by atoms with Gasteiger partial charge in [-0.15, -0.1) is 11.8 Å². The minimum Gasteiger partial charge on any atom is -0.409 e. The summed E-state index contributed by atoms with van der Waals surface area (Å²) in [5, 5.41) is 10.8. The molecule has 0 saturated heterocycles. The zero-order valence-corrected chi connectivity index (χ0v) is 8.76. The third kappa shape index (κ3) is 3.09. The lowest BCUT2D eigenvalue weighted by molar-refractivity contribution is 0.317. The van der Waals surface area contributed by atoms with Crippen LogP contribution in [0.4, 0.5) is 8.78 Å². The maximum atomic E-state index is 13.2. The standard InChI is InChI=1S/C9H10F2N2OS/c1-5(9(12)13-14)15-8-4-6(10)2-3-7(8)11/h2-5,14H,1H3,(H2,12,13). The van der Waals surface area contributed by atoms with Gasteiger partial charge in [0.2, 0.25) is 0 Å². The van der Waals surface area contributed by atoms with Crippen molar-refractivity contribution in [3.05, 3.63) is 29.8 Å². The summed E-state index contributed by atoms with van der Waals surface area (Å²) in [5.41, 5.74) is 5.32. The number of rotatable bonds is 3. The van der Waals surface area contributed by atoms with E-state index in [4.69, 9.17) is 10.9 Å². The lowest BCUT2D eigenvalue weighted by Gasteiger charge is -2.09. The van der Waals surface area contributed by atoms with Crippen LogP contribution >= 0.6 is 11.8 Å². The predicted molar refractivity (Wildman–Crippen MR) is 55.1 cm³/mol. The van der Waals surface area contributed by atoms with E-state index in [9.17, 15) is 8.78 Å². The Balaban J connectivity index is 2.85. The summed E-state index contributed by atoms with van der Waals surface area (Å²) in [7, 11) is 0. The van der Waals surface area contributed by atoms with Crippen molar-refractivity contribution in [1.82, 2.24) is 0 Å². The highest BCUT2D eigenvalue weighted by Crippen LogP contribution is 2.26. The number of benzene rings is 1. The van der Waals surface area contributed by atoms with Crippen LogP contribution < -0.4 is 5.73 Å². The maximum Gasteiger partial charge on any atom is 0.152 e. The number of halogens is 2. The van der Waals surface area contributed by atoms with Crippen LogP contribution in [-0.2, 0) is 0 Å². The van der Waals surface area contributed by atoms with Gasteiger partial charge in [-0.3, -0.25) is 0 Å². The minimum atomic E-state index is -0.529. The molecule has 0 aliphatic carbocycles. The van der Waals surface area contributed by atoms with Crippen molar-refractivity contribution in [2.45, 2.75) is 17.1 Å². The third-order valence-corrected chi connectivity index (χ3v) is 2.89. The van der Waals surface area contributed by atoms with Crippen molar-refractivity contribution in [2.75, 3.05) is 0 Å². The van der Waals surface area contributed by atoms with Crippen molar-refractivity contribution in [2.24, 2.45) is 10.9 Å². The van der Waals surface area contributed by atoms with Gasteiger partial charge >= 0.3 is 0 Å². The first kappa shape index (κ1) is 11.8. The Morgan fingerprint density at radius 2 is 2.20 bits per heavy atom. The molecule has 1 aromatic carbocycles. The fourth-order valence-electron chi connectivity index (χ4n) is 0.900. The van der Waals surface area contributed by atoms with Crippen LogP contribution in [0.5, 0.6) is 0 Å². The molecule has 0 heterocycles. The highest BCUT2D eigenvalue weighted by atomic mass is 32.2. The summed E-state index contributed by atoms with van der Waals surface area (Å²) in [4.78, 5) is 0.133. The number of hydrogen-bond acceptors (Lipinski definition) is 3. The molecule has 0 aliphatic heterocycles. The molecule has 3 nitrogen and oxygen atoms in total. The molecule has 0 amide bonds. The van der Waals surface area contributed by atoms with Crippen LogP contribution in [0.2, 0.25) is 0 Å². The molecule has 0 saturated carbocycles. The molecular formula is C9H10F2N2OS. The van der Waals surface area contributed by atoms with E-state index in [2.05, 4.69) is 5.16 Å². The lowest BCUT2D eigenvalue weighted by atomic mass is 10.3. The second-order valence-electron chi connectivity index (χ2n) is 2.86. The van der Waals surface area contributed by atoms with E-state index in [0.717, 1.165) is 30.0 Å². The molecule has 82 valence electrons. The Kier molecular flexibility index (Phi) is 3.90. The molecule has 3 N–H and O–H groups in total. The van der Waals surface area contributed by atoms with E-state index < -0.39 is 16.9 Å². The van der Waals surface area contributed by atoms with E-state index in [1.165, 1.54) is 0 Å². The summed E-state index contributed by atoms with van der Waals surface area (Å²) in [5.74, 6) is -1.09. The Bertz CT molecular complexity index is 384. The second-order valence-corrected chi connectivity index (χ2v) is 4.24. The van der Waals surface area contributed by atoms with Gasteiger partial charge in [-0.05, 0) is 25.1 Å². The Morgan fingerprint density at radius 3 is 2.80 bits per heavy atom. The molecule has 1 unspecified atom stereocenters. The SMILES string of the molecule is CC(Sc1cc(F)ccc1F)C(N)=NO. The zero-order valence-electron chi connectivity index (χ0n) is 7.95. The highest BCUT2D eigenvalue weighted by molar-refractivity contribution is 8.00. The molecule has 0 bridgehead atoms. The van der Waals surface area contributed by atoms with Gasteiger partial charge in [-0.2, -0.15) is 0 Å². The molecule has 1 atom stereocenters. The van der Waals surface area contributed by atoms with Crippen LogP contribution in [0.1, 0.15) is 6.92 Å². The lowest BCUT2D eigenvalue weighted by Crippen LogP contribution is -2.23. The molecule has 1 aromatic rings. The van der Waals surface area contributed by atoms with Gasteiger partial charge in [0.05, 0.1) is 5.25 Å². The number of amidine groups is 1. The van der Waals surface area contributed by atoms with Crippen LogP contribution in [0.15, 0.2) is 28.3 Å². The van der Waals surface area contributed by atoms with E-state index in [0.29, 0.717) is 0 Å². The number of oxime groups is 1. The quantitative estimate of drug-likeness (QED) is 0.276. The largest absolute Gasteiger partial charge is 0.409 e. The van der Waals surface area contributed by atoms with Gasteiger partial charge in [0.15, 0.2) is 5.84 Å². The van der Waals surface area contributed by atoms with Crippen LogP contribution in [0.3, 0.4) is 0 Å². The first-order chi connectivity index (χ1) is 7.04. The second kappa shape index (κ2) is 4.97. The predicted octanol–water partition coefficient (Wildman–Crippen LogP) is 2.19. The smallest absolute Gasteiger partial charge is 0.152 e. The molecular weight excluding hydrogens is 222 g/mol. The summed E-state index contributed by atoms with van der Waals surface area (Å²) in [6.45, 7) is 1.63. The van der Waals surface area contributed by atoms with Crippen molar-refractivity contribution in [3.8, 4) is 0 Å². The van der Waals surface area contributed by atoms with Crippen molar-refractivity contribution < 1.29 is 14.0 Å². The summed E-state index contributed by atoms with van der Waals surface area (Å²) < 4.78 is 26.0. The zero-order chi connectivity index (χ0) is 11.4. The fourth-order valence-corrected chi connectivity index (χ4v) is 1.81. The number of nitrogens with zero attached hydrogens (tertiary/aromatic N) is 1. The third-order valence-electron chi connectivity index (χ3n) is 1.73. The number of nitrogens with two attached hydrogens (primary N) is 1. The monoisotopic (exact) mass is 232 g/mol. The molecule has 1 rings (SSSR count). The summed E-state index contributed by atoms with van der Waals surface area (Å²) >= 11 is 0.986. The van der Waals surface area contributed by atoms with E-state index in [-0.39, 0.29) is 10.7 Å². The normalized spacial score (nSPS) is 13.9. The van der Waals surface area contributed by atoms with Gasteiger partial charge in [0.25, 0.3) is 0 Å². The van der Waals surface area contributed by atoms with Crippen LogP contribution in [-0.4, -0.2) is 16.3 Å². The Morgan fingerprint density at radius 1 is 1.53 bits per heavy atom. The fraction of sp³-hybridized carbons (Fsp3) is 0.222. The molecule has 0 radical (unpaired) electrons. The Labute approximate surface area is 90.0 Å². The van der Waals surface area contributed by atoms with Crippen molar-refractivity contribution in [3.63, 3.8) is 0 Å². The number of thioether (sulfide) groups is 1. The maximum absolute atomic E-state index is 13.2. The van der Waals surface area contributed by atoms with Crippen molar-refractivity contribution in [1.29, 1.82) is 0 Å². The molecule has 0 aromatic heterocycles. The van der Waals surface area contributed by atoms with Gasteiger partial charge in [0, 0.05) is 4.90 Å². The van der Waals surface area contributed by atoms with Gasteiger partial charge in [-0.1, -0.05) is 5.16 Å². The van der Waals surface area contributed by atoms with E-state index >= 15 is 0 Å². The van der Waals surface area contributed by atoms with Crippen LogP contribution in [0, 0.1) is 11.6 Å². The highest BCUT2D eigenvalue weighted by Gasteiger charge is 2.13. The first-order valence-corrected chi connectivity index (χ1v) is 5.01. The molecule has 0 spiro atoms. The minimum absolute atomic E-state index is 0.0383. The summed E-state index contributed by atoms with van der Waals surface area (Å²) in [6, 6.07) is 3.14. The first-order valence-electron chi connectivity index (χ1n) is 4.13.